The number of methoxy groups -OCH3 is 1. The molecule has 0 aliphatic heterocycles. The fraction of sp³-hybridized carbons (Fsp3) is 0.444. The Morgan fingerprint density at radius 3 is 2.33 bits per heavy atom. The van der Waals surface area contributed by atoms with Crippen LogP contribution in [-0.2, 0) is 11.8 Å². The normalized spacial score (nSPS) is 13.2. The van der Waals surface area contributed by atoms with Gasteiger partial charge in [0.15, 0.2) is 0 Å². The lowest BCUT2D eigenvalue weighted by Crippen LogP contribution is -2.18. The van der Waals surface area contributed by atoms with E-state index in [1.54, 1.807) is 18.4 Å². The van der Waals surface area contributed by atoms with Gasteiger partial charge in [-0.05, 0) is 41.5 Å². The van der Waals surface area contributed by atoms with Crippen molar-refractivity contribution in [2.45, 2.75) is 38.6 Å². The molecule has 0 spiro atoms. The van der Waals surface area contributed by atoms with E-state index < -0.39 is 0 Å². The Morgan fingerprint density at radius 1 is 1.14 bits per heavy atom. The minimum Gasteiger partial charge on any atom is -0.496 e. The molecule has 2 aromatic rings. The molecule has 1 heterocycles. The topological polar surface area (TPSA) is 21.3 Å². The van der Waals surface area contributed by atoms with Crippen LogP contribution in [0, 0.1) is 0 Å². The van der Waals surface area contributed by atoms with E-state index in [1.807, 2.05) is 13.1 Å². The molecule has 0 aliphatic carbocycles. The van der Waals surface area contributed by atoms with Gasteiger partial charge in [-0.1, -0.05) is 45.0 Å². The van der Waals surface area contributed by atoms with Crippen molar-refractivity contribution in [3.05, 3.63) is 51.7 Å². The number of benzene rings is 1. The van der Waals surface area contributed by atoms with E-state index in [-0.39, 0.29) is 5.41 Å². The maximum Gasteiger partial charge on any atom is 0.134 e. The second-order valence-corrected chi connectivity index (χ2v) is 7.29. The summed E-state index contributed by atoms with van der Waals surface area (Å²) in [6, 6.07) is 11.3. The van der Waals surface area contributed by atoms with Crippen LogP contribution in [0.15, 0.2) is 35.7 Å². The number of nitrogens with one attached hydrogen (secondary N) is 1. The van der Waals surface area contributed by atoms with Crippen molar-refractivity contribution in [2.24, 2.45) is 0 Å². The lowest BCUT2D eigenvalue weighted by atomic mass is 9.86. The zero-order valence-electron chi connectivity index (χ0n) is 13.6. The molecule has 0 saturated heterocycles. The maximum absolute atomic E-state index is 5.44. The Kier molecular flexibility index (Phi) is 5.07. The van der Waals surface area contributed by atoms with Gasteiger partial charge in [0.1, 0.15) is 5.75 Å². The van der Waals surface area contributed by atoms with E-state index in [2.05, 4.69) is 55.7 Å². The highest BCUT2D eigenvalue weighted by Crippen LogP contribution is 2.33. The Hall–Kier alpha value is -1.32. The van der Waals surface area contributed by atoms with Gasteiger partial charge < -0.3 is 10.1 Å². The second-order valence-electron chi connectivity index (χ2n) is 6.35. The van der Waals surface area contributed by atoms with Gasteiger partial charge in [0.2, 0.25) is 0 Å². The van der Waals surface area contributed by atoms with Crippen LogP contribution in [0.2, 0.25) is 0 Å². The van der Waals surface area contributed by atoms with Crippen molar-refractivity contribution >= 4 is 11.3 Å². The van der Waals surface area contributed by atoms with E-state index in [9.17, 15) is 0 Å². The lowest BCUT2D eigenvalue weighted by molar-refractivity contribution is 0.405. The molecule has 1 aromatic carbocycles. The van der Waals surface area contributed by atoms with E-state index in [1.165, 1.54) is 16.0 Å². The summed E-state index contributed by atoms with van der Waals surface area (Å²) in [4.78, 5) is 1.26. The largest absolute Gasteiger partial charge is 0.496 e. The smallest absolute Gasteiger partial charge is 0.134 e. The summed E-state index contributed by atoms with van der Waals surface area (Å²) in [5.74, 6) is 0.977. The highest BCUT2D eigenvalue weighted by molar-refractivity contribution is 7.10. The molecule has 0 saturated carbocycles. The van der Waals surface area contributed by atoms with Crippen LogP contribution < -0.4 is 10.1 Å². The fourth-order valence-electron chi connectivity index (χ4n) is 2.43. The zero-order chi connectivity index (χ0) is 15.5. The number of hydrogen-bond acceptors (Lipinski definition) is 3. The first kappa shape index (κ1) is 16.1. The van der Waals surface area contributed by atoms with Crippen molar-refractivity contribution in [2.75, 3.05) is 14.2 Å². The summed E-state index contributed by atoms with van der Waals surface area (Å²) in [5.41, 5.74) is 2.93. The number of ether oxygens (including phenoxy) is 1. The van der Waals surface area contributed by atoms with Gasteiger partial charge in [0.25, 0.3) is 0 Å². The van der Waals surface area contributed by atoms with Gasteiger partial charge >= 0.3 is 0 Å². The Labute approximate surface area is 132 Å². The number of thiophene rings is 1. The summed E-state index contributed by atoms with van der Waals surface area (Å²) < 4.78 is 5.44. The standard InChI is InChI=1S/C18H25NOS/c1-18(2,3)14-8-6-13(7-9-14)12-15(19-4)17-16(20-5)10-11-21-17/h6-11,15,19H,12H2,1-5H3. The number of hydrogen-bond donors (Lipinski definition) is 1. The third-order valence-electron chi connectivity index (χ3n) is 3.80. The second kappa shape index (κ2) is 6.63. The molecule has 1 N–H and O–H groups in total. The SMILES string of the molecule is CNC(Cc1ccc(C(C)(C)C)cc1)c1sccc1OC. The minimum absolute atomic E-state index is 0.206. The first-order valence-electron chi connectivity index (χ1n) is 7.33. The van der Waals surface area contributed by atoms with Crippen molar-refractivity contribution in [3.8, 4) is 5.75 Å². The van der Waals surface area contributed by atoms with Gasteiger partial charge in [-0.25, -0.2) is 0 Å². The molecule has 2 rings (SSSR count). The van der Waals surface area contributed by atoms with Gasteiger partial charge in [-0.2, -0.15) is 0 Å². The molecule has 0 radical (unpaired) electrons. The maximum atomic E-state index is 5.44. The molecule has 1 atom stereocenters. The number of rotatable bonds is 5. The average Bonchev–Trinajstić information content (AvgIpc) is 2.92. The molecule has 0 bridgehead atoms. The van der Waals surface area contributed by atoms with Crippen LogP contribution in [0.5, 0.6) is 5.75 Å². The predicted octanol–water partition coefficient (Wildman–Crippen LogP) is 4.56. The third kappa shape index (κ3) is 3.86. The van der Waals surface area contributed by atoms with Crippen LogP contribution in [0.1, 0.15) is 42.8 Å². The Morgan fingerprint density at radius 2 is 1.81 bits per heavy atom. The molecule has 0 amide bonds. The van der Waals surface area contributed by atoms with E-state index >= 15 is 0 Å². The van der Waals surface area contributed by atoms with Crippen LogP contribution in [0.3, 0.4) is 0 Å². The highest BCUT2D eigenvalue weighted by atomic mass is 32.1. The molecule has 21 heavy (non-hydrogen) atoms. The zero-order valence-corrected chi connectivity index (χ0v) is 14.4. The third-order valence-corrected chi connectivity index (χ3v) is 4.81. The Bertz CT molecular complexity index is 566. The van der Waals surface area contributed by atoms with Crippen molar-refractivity contribution < 1.29 is 4.74 Å². The van der Waals surface area contributed by atoms with Crippen LogP contribution >= 0.6 is 11.3 Å². The van der Waals surface area contributed by atoms with Gasteiger partial charge in [-0.3, -0.25) is 0 Å². The highest BCUT2D eigenvalue weighted by Gasteiger charge is 2.17. The lowest BCUT2D eigenvalue weighted by Gasteiger charge is -2.20. The van der Waals surface area contributed by atoms with E-state index in [0.29, 0.717) is 6.04 Å². The first-order valence-corrected chi connectivity index (χ1v) is 8.21. The monoisotopic (exact) mass is 303 g/mol. The summed E-state index contributed by atoms with van der Waals surface area (Å²) in [6.45, 7) is 6.73. The summed E-state index contributed by atoms with van der Waals surface area (Å²) >= 11 is 1.75. The molecule has 1 aromatic heterocycles. The van der Waals surface area contributed by atoms with Crippen molar-refractivity contribution in [3.63, 3.8) is 0 Å². The van der Waals surface area contributed by atoms with Crippen LogP contribution in [0.4, 0.5) is 0 Å². The molecule has 1 unspecified atom stereocenters. The van der Waals surface area contributed by atoms with Crippen LogP contribution in [0.25, 0.3) is 0 Å². The summed E-state index contributed by atoms with van der Waals surface area (Å²) in [5, 5.41) is 5.49. The quantitative estimate of drug-likeness (QED) is 0.874. The average molecular weight is 303 g/mol. The molecule has 0 aliphatic rings. The molecule has 3 heteroatoms. The molecule has 0 fully saturated rings. The molecule has 2 nitrogen and oxygen atoms in total. The van der Waals surface area contributed by atoms with Crippen LogP contribution in [-0.4, -0.2) is 14.2 Å². The predicted molar refractivity (Wildman–Crippen MR) is 91.5 cm³/mol. The summed E-state index contributed by atoms with van der Waals surface area (Å²) in [7, 11) is 3.74. The van der Waals surface area contributed by atoms with E-state index in [0.717, 1.165) is 12.2 Å². The molecular weight excluding hydrogens is 278 g/mol. The summed E-state index contributed by atoms with van der Waals surface area (Å²) in [6.07, 6.45) is 0.970. The molecule has 114 valence electrons. The number of likely N-dealkylation sites (N-methyl/N-ethyl adjacent to an activating group) is 1. The first-order chi connectivity index (χ1) is 9.95. The van der Waals surface area contributed by atoms with Crippen molar-refractivity contribution in [1.29, 1.82) is 0 Å². The van der Waals surface area contributed by atoms with Gasteiger partial charge in [0, 0.05) is 6.04 Å². The van der Waals surface area contributed by atoms with Gasteiger partial charge in [0.05, 0.1) is 12.0 Å². The van der Waals surface area contributed by atoms with Gasteiger partial charge in [-0.15, -0.1) is 11.3 Å². The fourth-order valence-corrected chi connectivity index (χ4v) is 3.41. The van der Waals surface area contributed by atoms with Crippen molar-refractivity contribution in [1.82, 2.24) is 5.32 Å². The minimum atomic E-state index is 0.206. The van der Waals surface area contributed by atoms with E-state index in [4.69, 9.17) is 4.74 Å². The Balaban J connectivity index is 2.16. The molecular formula is C18H25NOS.